The van der Waals surface area contributed by atoms with Crippen LogP contribution in [-0.4, -0.2) is 33.5 Å². The summed E-state index contributed by atoms with van der Waals surface area (Å²) in [5, 5.41) is 4.73. The third kappa shape index (κ3) is 6.75. The average molecular weight is 581 g/mol. The second-order valence-electron chi connectivity index (χ2n) is 6.75. The third-order valence-corrected chi connectivity index (χ3v) is 5.59. The molecule has 9 heteroatoms. The third-order valence-electron chi connectivity index (χ3n) is 4.54. The molecule has 0 radical (unpaired) electrons. The Morgan fingerprint density at radius 1 is 1.00 bits per heavy atom. The fourth-order valence-corrected chi connectivity index (χ4v) is 3.77. The zero-order chi connectivity index (χ0) is 23.8. The smallest absolute Gasteiger partial charge is 0.271 e. The molecule has 0 aliphatic rings. The highest BCUT2D eigenvalue weighted by Gasteiger charge is 2.12. The van der Waals surface area contributed by atoms with Crippen LogP contribution in [0.1, 0.15) is 21.5 Å². The van der Waals surface area contributed by atoms with Crippen LogP contribution in [0.15, 0.2) is 59.7 Å². The molecular formula is C24H22ClIN2O5. The summed E-state index contributed by atoms with van der Waals surface area (Å²) in [6.45, 7) is 0.372. The SMILES string of the molecule is COc1cc(OC)cc(C(=O)N/N=C\c2cc(I)c(OCc3ccc(Cl)cc3)c(OC)c2)c1. The van der Waals surface area contributed by atoms with Crippen LogP contribution in [0.4, 0.5) is 0 Å². The van der Waals surface area contributed by atoms with Gasteiger partial charge in [0.25, 0.3) is 5.91 Å². The zero-order valence-electron chi connectivity index (χ0n) is 18.2. The van der Waals surface area contributed by atoms with E-state index in [-0.39, 0.29) is 0 Å². The Kier molecular flexibility index (Phi) is 8.79. The van der Waals surface area contributed by atoms with Crippen LogP contribution in [0.3, 0.4) is 0 Å². The maximum atomic E-state index is 12.5. The molecule has 0 heterocycles. The number of amides is 1. The van der Waals surface area contributed by atoms with Gasteiger partial charge >= 0.3 is 0 Å². The van der Waals surface area contributed by atoms with Crippen LogP contribution in [0.25, 0.3) is 0 Å². The summed E-state index contributed by atoms with van der Waals surface area (Å²) in [6.07, 6.45) is 1.53. The molecule has 0 atom stereocenters. The number of ether oxygens (including phenoxy) is 4. The largest absolute Gasteiger partial charge is 0.497 e. The van der Waals surface area contributed by atoms with Crippen LogP contribution >= 0.6 is 34.2 Å². The minimum Gasteiger partial charge on any atom is -0.497 e. The summed E-state index contributed by atoms with van der Waals surface area (Å²) in [5.41, 5.74) is 4.59. The number of hydrogen-bond acceptors (Lipinski definition) is 6. The molecule has 1 N–H and O–H groups in total. The van der Waals surface area contributed by atoms with Crippen molar-refractivity contribution in [1.82, 2.24) is 5.43 Å². The van der Waals surface area contributed by atoms with Crippen molar-refractivity contribution in [2.24, 2.45) is 5.10 Å². The van der Waals surface area contributed by atoms with Crippen molar-refractivity contribution < 1.29 is 23.7 Å². The van der Waals surface area contributed by atoms with E-state index in [0.29, 0.717) is 40.2 Å². The Morgan fingerprint density at radius 3 is 2.27 bits per heavy atom. The van der Waals surface area contributed by atoms with E-state index in [4.69, 9.17) is 30.5 Å². The van der Waals surface area contributed by atoms with Crippen LogP contribution in [0.5, 0.6) is 23.0 Å². The number of nitrogens with zero attached hydrogens (tertiary/aromatic N) is 1. The molecule has 0 saturated carbocycles. The Morgan fingerprint density at radius 2 is 1.67 bits per heavy atom. The number of hydrazone groups is 1. The van der Waals surface area contributed by atoms with E-state index < -0.39 is 5.91 Å². The molecule has 0 aliphatic carbocycles. The molecule has 3 aromatic rings. The topological polar surface area (TPSA) is 78.4 Å². The van der Waals surface area contributed by atoms with Gasteiger partial charge in [0.15, 0.2) is 11.5 Å². The lowest BCUT2D eigenvalue weighted by atomic mass is 10.2. The maximum absolute atomic E-state index is 12.5. The van der Waals surface area contributed by atoms with Crippen molar-refractivity contribution in [2.45, 2.75) is 6.61 Å². The molecule has 172 valence electrons. The number of rotatable bonds is 9. The lowest BCUT2D eigenvalue weighted by Crippen LogP contribution is -2.17. The Balaban J connectivity index is 1.70. The number of carbonyl (C=O) groups excluding carboxylic acids is 1. The number of benzene rings is 3. The quantitative estimate of drug-likeness (QED) is 0.211. The normalized spacial score (nSPS) is 10.7. The minimum absolute atomic E-state index is 0.362. The first-order valence-electron chi connectivity index (χ1n) is 9.74. The Bertz CT molecular complexity index is 1130. The first-order valence-corrected chi connectivity index (χ1v) is 11.2. The first kappa shape index (κ1) is 24.7. The molecular weight excluding hydrogens is 559 g/mol. The highest BCUT2D eigenvalue weighted by atomic mass is 127. The zero-order valence-corrected chi connectivity index (χ0v) is 21.1. The van der Waals surface area contributed by atoms with Gasteiger partial charge in [0.2, 0.25) is 0 Å². The van der Waals surface area contributed by atoms with Crippen LogP contribution in [-0.2, 0) is 6.61 Å². The van der Waals surface area contributed by atoms with Gasteiger partial charge in [-0.05, 0) is 70.1 Å². The van der Waals surface area contributed by atoms with Gasteiger partial charge in [-0.3, -0.25) is 4.79 Å². The molecule has 0 spiro atoms. The number of hydrogen-bond donors (Lipinski definition) is 1. The van der Waals surface area contributed by atoms with Crippen LogP contribution in [0, 0.1) is 3.57 Å². The molecule has 0 saturated heterocycles. The van der Waals surface area contributed by atoms with Crippen molar-refractivity contribution in [3.8, 4) is 23.0 Å². The van der Waals surface area contributed by atoms with E-state index in [9.17, 15) is 4.79 Å². The van der Waals surface area contributed by atoms with Gasteiger partial charge in [-0.2, -0.15) is 5.10 Å². The van der Waals surface area contributed by atoms with Crippen LogP contribution < -0.4 is 24.4 Å². The van der Waals surface area contributed by atoms with E-state index in [1.807, 2.05) is 30.3 Å². The summed E-state index contributed by atoms with van der Waals surface area (Å²) in [4.78, 5) is 12.5. The second kappa shape index (κ2) is 11.8. The second-order valence-corrected chi connectivity index (χ2v) is 8.35. The number of carbonyl (C=O) groups is 1. The summed E-state index contributed by atoms with van der Waals surface area (Å²) in [7, 11) is 4.61. The van der Waals surface area contributed by atoms with Gasteiger partial charge in [-0.25, -0.2) is 5.43 Å². The number of nitrogens with one attached hydrogen (secondary N) is 1. The van der Waals surface area contributed by atoms with Gasteiger partial charge in [0.05, 0.1) is 31.1 Å². The fourth-order valence-electron chi connectivity index (χ4n) is 2.86. The van der Waals surface area contributed by atoms with Crippen molar-refractivity contribution in [1.29, 1.82) is 0 Å². The predicted octanol–water partition coefficient (Wildman–Crippen LogP) is 5.31. The molecule has 1 amide bonds. The Hall–Kier alpha value is -2.98. The van der Waals surface area contributed by atoms with E-state index in [0.717, 1.165) is 14.7 Å². The molecule has 33 heavy (non-hydrogen) atoms. The molecule has 0 aliphatic heterocycles. The molecule has 0 fully saturated rings. The molecule has 3 rings (SSSR count). The number of halogens is 2. The number of methoxy groups -OCH3 is 3. The van der Waals surface area contributed by atoms with Crippen LogP contribution in [0.2, 0.25) is 5.02 Å². The molecule has 0 bridgehead atoms. The van der Waals surface area contributed by atoms with Gasteiger partial charge in [-0.1, -0.05) is 23.7 Å². The van der Waals surface area contributed by atoms with Gasteiger partial charge in [0, 0.05) is 16.7 Å². The van der Waals surface area contributed by atoms with Crippen molar-refractivity contribution in [3.05, 3.63) is 79.9 Å². The van der Waals surface area contributed by atoms with Gasteiger partial charge in [-0.15, -0.1) is 0 Å². The van der Waals surface area contributed by atoms with E-state index >= 15 is 0 Å². The van der Waals surface area contributed by atoms with E-state index in [1.165, 1.54) is 20.4 Å². The lowest BCUT2D eigenvalue weighted by Gasteiger charge is -2.13. The van der Waals surface area contributed by atoms with Crippen molar-refractivity contribution >= 4 is 46.3 Å². The average Bonchev–Trinajstić information content (AvgIpc) is 2.83. The highest BCUT2D eigenvalue weighted by Crippen LogP contribution is 2.34. The molecule has 0 unspecified atom stereocenters. The van der Waals surface area contributed by atoms with Gasteiger partial charge in [0.1, 0.15) is 18.1 Å². The molecule has 7 nitrogen and oxygen atoms in total. The summed E-state index contributed by atoms with van der Waals surface area (Å²) >= 11 is 8.10. The standard InChI is InChI=1S/C24H22ClIN2O5/c1-30-19-10-17(11-20(12-19)31-2)24(29)28-27-13-16-8-21(26)23(22(9-16)32-3)33-14-15-4-6-18(25)7-5-15/h4-13H,14H2,1-3H3,(H,28,29)/b27-13-. The van der Waals surface area contributed by atoms with Gasteiger partial charge < -0.3 is 18.9 Å². The predicted molar refractivity (Wildman–Crippen MR) is 136 cm³/mol. The Labute approximate surface area is 210 Å². The van der Waals surface area contributed by atoms with Crippen molar-refractivity contribution in [3.63, 3.8) is 0 Å². The molecule has 0 aromatic heterocycles. The summed E-state index contributed by atoms with van der Waals surface area (Å²) < 4.78 is 22.7. The van der Waals surface area contributed by atoms with E-state index in [2.05, 4.69) is 33.1 Å². The highest BCUT2D eigenvalue weighted by molar-refractivity contribution is 14.1. The summed E-state index contributed by atoms with van der Waals surface area (Å²) in [5.74, 6) is 1.81. The van der Waals surface area contributed by atoms with E-state index in [1.54, 1.807) is 31.4 Å². The fraction of sp³-hybridized carbons (Fsp3) is 0.167. The lowest BCUT2D eigenvalue weighted by molar-refractivity contribution is 0.0954. The monoisotopic (exact) mass is 580 g/mol. The molecule has 3 aromatic carbocycles. The first-order chi connectivity index (χ1) is 15.9. The maximum Gasteiger partial charge on any atom is 0.271 e. The van der Waals surface area contributed by atoms with Crippen molar-refractivity contribution in [2.75, 3.05) is 21.3 Å². The summed E-state index contributed by atoms with van der Waals surface area (Å²) in [6, 6.07) is 16.0. The minimum atomic E-state index is -0.395.